The third-order valence-electron chi connectivity index (χ3n) is 3.53. The number of hydrogen-bond acceptors (Lipinski definition) is 5. The molecule has 7 heteroatoms. The molecule has 20 heavy (non-hydrogen) atoms. The molecular weight excluding hydrogens is 278 g/mol. The fourth-order valence-electron chi connectivity index (χ4n) is 2.21. The Labute approximate surface area is 119 Å². The van der Waals surface area contributed by atoms with Crippen molar-refractivity contribution in [3.63, 3.8) is 0 Å². The van der Waals surface area contributed by atoms with Gasteiger partial charge in [-0.3, -0.25) is 0 Å². The monoisotopic (exact) mass is 299 g/mol. The maximum absolute atomic E-state index is 12.5. The lowest BCUT2D eigenvalue weighted by Crippen LogP contribution is -2.45. The maximum atomic E-state index is 12.5. The molecule has 1 saturated heterocycles. The highest BCUT2D eigenvalue weighted by Gasteiger charge is 2.34. The van der Waals surface area contributed by atoms with Gasteiger partial charge in [0.15, 0.2) is 0 Å². The summed E-state index contributed by atoms with van der Waals surface area (Å²) in [5, 5.41) is 12.9. The lowest BCUT2D eigenvalue weighted by molar-refractivity contribution is 0.0126. The van der Waals surface area contributed by atoms with Crippen LogP contribution in [0.3, 0.4) is 0 Å². The predicted octanol–water partition coefficient (Wildman–Crippen LogP) is 1.05. The van der Waals surface area contributed by atoms with Crippen LogP contribution in [0.25, 0.3) is 0 Å². The summed E-state index contributed by atoms with van der Waals surface area (Å²) in [7, 11) is -3.51. The van der Waals surface area contributed by atoms with Gasteiger partial charge < -0.3 is 10.4 Å². The van der Waals surface area contributed by atoms with Gasteiger partial charge in [0, 0.05) is 31.9 Å². The van der Waals surface area contributed by atoms with E-state index in [2.05, 4.69) is 10.3 Å². The summed E-state index contributed by atoms with van der Waals surface area (Å²) >= 11 is 0. The molecule has 0 atom stereocenters. The Balaban J connectivity index is 2.20. The highest BCUT2D eigenvalue weighted by atomic mass is 32.2. The van der Waals surface area contributed by atoms with Gasteiger partial charge in [-0.1, -0.05) is 0 Å². The first-order chi connectivity index (χ1) is 9.35. The number of nitrogens with zero attached hydrogens (tertiary/aromatic N) is 2. The number of piperidine rings is 1. The first-order valence-corrected chi connectivity index (χ1v) is 8.22. The van der Waals surface area contributed by atoms with Gasteiger partial charge in [-0.2, -0.15) is 4.31 Å². The third kappa shape index (κ3) is 3.28. The van der Waals surface area contributed by atoms with E-state index in [0.717, 1.165) is 0 Å². The van der Waals surface area contributed by atoms with E-state index < -0.39 is 15.6 Å². The Morgan fingerprint density at radius 2 is 2.10 bits per heavy atom. The number of aromatic nitrogens is 1. The summed E-state index contributed by atoms with van der Waals surface area (Å²) in [5.74, 6) is 0.553. The van der Waals surface area contributed by atoms with Gasteiger partial charge in [-0.25, -0.2) is 13.4 Å². The number of nitrogens with one attached hydrogen (secondary N) is 1. The van der Waals surface area contributed by atoms with E-state index in [1.807, 2.05) is 6.92 Å². The highest BCUT2D eigenvalue weighted by Crippen LogP contribution is 2.26. The number of hydrogen-bond donors (Lipinski definition) is 2. The van der Waals surface area contributed by atoms with Crippen molar-refractivity contribution in [1.82, 2.24) is 9.29 Å². The fourth-order valence-corrected chi connectivity index (χ4v) is 3.66. The average Bonchev–Trinajstić information content (AvgIpc) is 2.39. The predicted molar refractivity (Wildman–Crippen MR) is 77.0 cm³/mol. The van der Waals surface area contributed by atoms with Crippen molar-refractivity contribution in [2.45, 2.75) is 37.2 Å². The second-order valence-corrected chi connectivity index (χ2v) is 7.25. The van der Waals surface area contributed by atoms with Crippen molar-refractivity contribution in [3.8, 4) is 0 Å². The van der Waals surface area contributed by atoms with E-state index in [0.29, 0.717) is 38.3 Å². The topological polar surface area (TPSA) is 82.5 Å². The van der Waals surface area contributed by atoms with Crippen LogP contribution in [0.2, 0.25) is 0 Å². The van der Waals surface area contributed by atoms with Crippen LogP contribution in [0.1, 0.15) is 26.7 Å². The molecule has 1 fully saturated rings. The van der Waals surface area contributed by atoms with E-state index in [1.54, 1.807) is 13.0 Å². The Hall–Kier alpha value is -1.18. The smallest absolute Gasteiger partial charge is 0.243 e. The van der Waals surface area contributed by atoms with Crippen molar-refractivity contribution >= 4 is 15.8 Å². The van der Waals surface area contributed by atoms with E-state index in [4.69, 9.17) is 0 Å². The van der Waals surface area contributed by atoms with E-state index in [-0.39, 0.29) is 4.90 Å². The molecule has 0 aromatic carbocycles. The van der Waals surface area contributed by atoms with Crippen LogP contribution in [0.4, 0.5) is 5.82 Å². The quantitative estimate of drug-likeness (QED) is 0.868. The van der Waals surface area contributed by atoms with Gasteiger partial charge in [0.2, 0.25) is 10.0 Å². The molecule has 1 aromatic rings. The highest BCUT2D eigenvalue weighted by molar-refractivity contribution is 7.89. The zero-order valence-electron chi connectivity index (χ0n) is 11.8. The van der Waals surface area contributed by atoms with Gasteiger partial charge >= 0.3 is 0 Å². The minimum atomic E-state index is -3.51. The average molecular weight is 299 g/mol. The molecule has 1 aliphatic rings. The molecule has 112 valence electrons. The van der Waals surface area contributed by atoms with Crippen LogP contribution in [0, 0.1) is 0 Å². The van der Waals surface area contributed by atoms with Crippen molar-refractivity contribution in [1.29, 1.82) is 0 Å². The summed E-state index contributed by atoms with van der Waals surface area (Å²) in [4.78, 5) is 4.32. The van der Waals surface area contributed by atoms with Gasteiger partial charge in [0.25, 0.3) is 0 Å². The van der Waals surface area contributed by atoms with E-state index in [1.165, 1.54) is 16.6 Å². The molecule has 0 aliphatic carbocycles. The van der Waals surface area contributed by atoms with Gasteiger partial charge in [0.05, 0.1) is 10.5 Å². The molecule has 0 radical (unpaired) electrons. The minimum absolute atomic E-state index is 0.241. The van der Waals surface area contributed by atoms with Crippen molar-refractivity contribution in [3.05, 3.63) is 18.3 Å². The molecule has 2 rings (SSSR count). The molecule has 6 nitrogen and oxygen atoms in total. The second kappa shape index (κ2) is 5.67. The Morgan fingerprint density at radius 3 is 2.70 bits per heavy atom. The summed E-state index contributed by atoms with van der Waals surface area (Å²) in [5.41, 5.74) is -0.765. The fraction of sp³-hybridized carbons (Fsp3) is 0.615. The standard InChI is InChI=1S/C13H21N3O3S/c1-3-14-12-10-11(4-7-15-12)20(18,19)16-8-5-13(2,17)6-9-16/h4,7,10,17H,3,5-6,8-9H2,1-2H3,(H,14,15). The van der Waals surface area contributed by atoms with Crippen LogP contribution in [0.15, 0.2) is 23.2 Å². The van der Waals surface area contributed by atoms with Gasteiger partial charge in [-0.05, 0) is 32.8 Å². The lowest BCUT2D eigenvalue weighted by atomic mass is 9.95. The zero-order valence-corrected chi connectivity index (χ0v) is 12.7. The van der Waals surface area contributed by atoms with Crippen LogP contribution in [0.5, 0.6) is 0 Å². The Bertz CT molecular complexity index is 562. The molecule has 0 amide bonds. The van der Waals surface area contributed by atoms with Gasteiger partial charge in [-0.15, -0.1) is 0 Å². The molecule has 2 N–H and O–H groups in total. The second-order valence-electron chi connectivity index (χ2n) is 5.31. The molecule has 0 bridgehead atoms. The molecular formula is C13H21N3O3S. The molecule has 1 aromatic heterocycles. The van der Waals surface area contributed by atoms with Crippen molar-refractivity contribution in [2.24, 2.45) is 0 Å². The summed E-state index contributed by atoms with van der Waals surface area (Å²) in [6, 6.07) is 3.05. The molecule has 0 spiro atoms. The largest absolute Gasteiger partial charge is 0.390 e. The van der Waals surface area contributed by atoms with Gasteiger partial charge in [0.1, 0.15) is 5.82 Å². The lowest BCUT2D eigenvalue weighted by Gasteiger charge is -2.34. The molecule has 0 unspecified atom stereocenters. The van der Waals surface area contributed by atoms with Crippen LogP contribution in [-0.4, -0.2) is 48.0 Å². The normalized spacial score (nSPS) is 19.8. The minimum Gasteiger partial charge on any atom is -0.390 e. The Morgan fingerprint density at radius 1 is 1.45 bits per heavy atom. The molecule has 0 saturated carbocycles. The third-order valence-corrected chi connectivity index (χ3v) is 5.42. The maximum Gasteiger partial charge on any atom is 0.243 e. The molecule has 2 heterocycles. The van der Waals surface area contributed by atoms with E-state index >= 15 is 0 Å². The number of rotatable bonds is 4. The number of sulfonamides is 1. The number of pyridine rings is 1. The first kappa shape index (κ1) is 15.2. The van der Waals surface area contributed by atoms with E-state index in [9.17, 15) is 13.5 Å². The van der Waals surface area contributed by atoms with Crippen molar-refractivity contribution < 1.29 is 13.5 Å². The van der Waals surface area contributed by atoms with Crippen LogP contribution < -0.4 is 5.32 Å². The van der Waals surface area contributed by atoms with Crippen molar-refractivity contribution in [2.75, 3.05) is 25.0 Å². The Kier molecular flexibility index (Phi) is 4.31. The summed E-state index contributed by atoms with van der Waals surface area (Å²) in [6.07, 6.45) is 2.40. The van der Waals surface area contributed by atoms with Crippen LogP contribution >= 0.6 is 0 Å². The SMILES string of the molecule is CCNc1cc(S(=O)(=O)N2CCC(C)(O)CC2)ccn1. The van der Waals surface area contributed by atoms with Crippen LogP contribution in [-0.2, 0) is 10.0 Å². The summed E-state index contributed by atoms with van der Waals surface area (Å²) in [6.45, 7) is 5.04. The summed E-state index contributed by atoms with van der Waals surface area (Å²) < 4.78 is 26.5. The number of anilines is 1. The number of aliphatic hydroxyl groups is 1. The molecule has 1 aliphatic heterocycles. The zero-order chi connectivity index (χ0) is 14.8. The first-order valence-electron chi connectivity index (χ1n) is 6.78.